The quantitative estimate of drug-likeness (QED) is 0.0616. The van der Waals surface area contributed by atoms with Gasteiger partial charge in [-0.05, 0) is 99.9 Å². The smallest absolute Gasteiger partial charge is 0.271 e. The van der Waals surface area contributed by atoms with Gasteiger partial charge in [-0.25, -0.2) is 0 Å². The van der Waals surface area contributed by atoms with Gasteiger partial charge in [0.05, 0.1) is 10.0 Å². The summed E-state index contributed by atoms with van der Waals surface area (Å²) in [6, 6.07) is 12.2. The van der Waals surface area contributed by atoms with Crippen LogP contribution in [0.3, 0.4) is 0 Å². The van der Waals surface area contributed by atoms with E-state index in [0.717, 1.165) is 97.3 Å². The van der Waals surface area contributed by atoms with Gasteiger partial charge in [0.25, 0.3) is 23.6 Å². The predicted octanol–water partition coefficient (Wildman–Crippen LogP) is 10.1. The van der Waals surface area contributed by atoms with Crippen LogP contribution >= 0.6 is 22.7 Å². The van der Waals surface area contributed by atoms with Gasteiger partial charge in [-0.15, -0.1) is 22.7 Å². The van der Waals surface area contributed by atoms with Crippen LogP contribution in [0.2, 0.25) is 0 Å². The number of carbonyl (C=O) groups excluding carboxylic acids is 4. The maximum Gasteiger partial charge on any atom is 0.271 e. The standard InChI is InChI=1S/C46H60N6O4S2/c1-7-11-23-49(24-12-8-2)41-21-19-35(57-41)29-37-33(5)39(31-47)45(55)51(43(37)53)27-17-15-16-18-28-52-44(54)38(34(6)40(32-48)46(52)56)30-36-20-22-42(58-36)50(25-13-9-3)26-14-10-4/h19-22,29-30H,7-18,23-28H2,1-6H3/b37-29-,38-30+. The van der Waals surface area contributed by atoms with Crippen LogP contribution in [0, 0.1) is 22.7 Å². The van der Waals surface area contributed by atoms with Crippen LogP contribution in [0.4, 0.5) is 10.0 Å². The molecule has 0 aliphatic carbocycles. The van der Waals surface area contributed by atoms with Crippen molar-refractivity contribution in [3.8, 4) is 12.1 Å². The van der Waals surface area contributed by atoms with Crippen LogP contribution in [-0.4, -0.2) is 72.7 Å². The molecule has 2 aliphatic rings. The summed E-state index contributed by atoms with van der Waals surface area (Å²) < 4.78 is 0. The number of hydrogen-bond acceptors (Lipinski definition) is 10. The molecule has 4 heterocycles. The number of imide groups is 2. The van der Waals surface area contributed by atoms with E-state index in [-0.39, 0.29) is 24.2 Å². The first-order valence-electron chi connectivity index (χ1n) is 21.1. The Balaban J connectivity index is 1.39. The Morgan fingerprint density at radius 1 is 0.534 bits per heavy atom. The second kappa shape index (κ2) is 23.0. The van der Waals surface area contributed by atoms with Crippen molar-refractivity contribution in [2.24, 2.45) is 0 Å². The third-order valence-corrected chi connectivity index (χ3v) is 12.9. The first kappa shape index (κ1) is 45.9. The van der Waals surface area contributed by atoms with E-state index in [1.54, 1.807) is 48.7 Å². The largest absolute Gasteiger partial charge is 0.363 e. The lowest BCUT2D eigenvalue weighted by Crippen LogP contribution is -2.43. The van der Waals surface area contributed by atoms with Crippen molar-refractivity contribution in [3.63, 3.8) is 0 Å². The average Bonchev–Trinajstić information content (AvgIpc) is 3.89. The van der Waals surface area contributed by atoms with Crippen molar-refractivity contribution in [3.05, 3.63) is 67.5 Å². The molecular weight excluding hydrogens is 765 g/mol. The molecule has 4 rings (SSSR count). The van der Waals surface area contributed by atoms with Gasteiger partial charge >= 0.3 is 0 Å². The first-order chi connectivity index (χ1) is 28.0. The summed E-state index contributed by atoms with van der Waals surface area (Å²) in [5, 5.41) is 22.1. The Morgan fingerprint density at radius 3 is 1.19 bits per heavy atom. The molecule has 2 aromatic rings. The lowest BCUT2D eigenvalue weighted by Gasteiger charge is -2.28. The van der Waals surface area contributed by atoms with Gasteiger partial charge in [0.15, 0.2) is 0 Å². The summed E-state index contributed by atoms with van der Waals surface area (Å²) in [6.07, 6.45) is 14.7. The SMILES string of the molecule is CCCCN(CCCC)c1ccc(/C=C2\C(=O)N(CCCCCCN3C(=O)C(C#N)=C(C)/C(=C\c4ccc(N(CCCC)CCCC)s4)C3=O)C(=O)C(C#N)=C2C)s1. The highest BCUT2D eigenvalue weighted by molar-refractivity contribution is 7.17. The fourth-order valence-corrected chi connectivity index (χ4v) is 9.09. The number of rotatable bonds is 23. The van der Waals surface area contributed by atoms with Gasteiger partial charge in [0.2, 0.25) is 0 Å². The minimum atomic E-state index is -0.582. The van der Waals surface area contributed by atoms with Crippen molar-refractivity contribution >= 4 is 68.5 Å². The molecule has 0 aromatic carbocycles. The van der Waals surface area contributed by atoms with E-state index in [4.69, 9.17) is 0 Å². The molecule has 0 saturated carbocycles. The van der Waals surface area contributed by atoms with E-state index < -0.39 is 23.6 Å². The Bertz CT molecular complexity index is 1850. The van der Waals surface area contributed by atoms with E-state index in [1.807, 2.05) is 24.3 Å². The van der Waals surface area contributed by atoms with Crippen LogP contribution in [0.1, 0.15) is 128 Å². The van der Waals surface area contributed by atoms with Crippen LogP contribution in [0.25, 0.3) is 12.2 Å². The molecule has 0 bridgehead atoms. The summed E-state index contributed by atoms with van der Waals surface area (Å²) in [5.41, 5.74) is 1.44. The molecular formula is C46H60N6O4S2. The number of nitrogens with zero attached hydrogens (tertiary/aromatic N) is 6. The van der Waals surface area contributed by atoms with Crippen molar-refractivity contribution in [1.82, 2.24) is 9.80 Å². The number of carbonyl (C=O) groups is 4. The van der Waals surface area contributed by atoms with E-state index in [2.05, 4.69) is 49.6 Å². The van der Waals surface area contributed by atoms with Crippen LogP contribution in [0.5, 0.6) is 0 Å². The summed E-state index contributed by atoms with van der Waals surface area (Å²) in [4.78, 5) is 63.1. The Hall–Kier alpha value is -4.78. The Morgan fingerprint density at radius 2 is 0.879 bits per heavy atom. The Kier molecular flexibility index (Phi) is 18.2. The van der Waals surface area contributed by atoms with E-state index in [0.29, 0.717) is 48.0 Å². The maximum atomic E-state index is 13.8. The minimum Gasteiger partial charge on any atom is -0.363 e. The highest BCUT2D eigenvalue weighted by atomic mass is 32.1. The topological polar surface area (TPSA) is 129 Å². The second-order valence-electron chi connectivity index (χ2n) is 15.0. The van der Waals surface area contributed by atoms with Crippen LogP contribution < -0.4 is 9.80 Å². The lowest BCUT2D eigenvalue weighted by molar-refractivity contribution is -0.142. The molecule has 0 fully saturated rings. The number of hydrogen-bond donors (Lipinski definition) is 0. The molecule has 0 radical (unpaired) electrons. The normalized spacial score (nSPS) is 16.3. The number of amides is 4. The van der Waals surface area contributed by atoms with Crippen molar-refractivity contribution < 1.29 is 19.2 Å². The number of unbranched alkanes of at least 4 members (excludes halogenated alkanes) is 7. The average molecular weight is 825 g/mol. The predicted molar refractivity (Wildman–Crippen MR) is 237 cm³/mol. The summed E-state index contributed by atoms with van der Waals surface area (Å²) in [6.45, 7) is 16.2. The van der Waals surface area contributed by atoms with Gasteiger partial charge < -0.3 is 9.80 Å². The van der Waals surface area contributed by atoms with Crippen molar-refractivity contribution in [2.45, 2.75) is 119 Å². The Labute approximate surface area is 353 Å². The molecule has 0 N–H and O–H groups in total. The molecule has 310 valence electrons. The third kappa shape index (κ3) is 11.4. The molecule has 2 aliphatic heterocycles. The molecule has 58 heavy (non-hydrogen) atoms. The monoisotopic (exact) mass is 824 g/mol. The fourth-order valence-electron chi connectivity index (χ4n) is 7.08. The molecule has 12 heteroatoms. The summed E-state index contributed by atoms with van der Waals surface area (Å²) >= 11 is 3.22. The molecule has 4 amide bonds. The molecule has 0 unspecified atom stereocenters. The van der Waals surface area contributed by atoms with Crippen molar-refractivity contribution in [1.29, 1.82) is 10.5 Å². The third-order valence-electron chi connectivity index (χ3n) is 10.7. The van der Waals surface area contributed by atoms with Crippen LogP contribution in [0.15, 0.2) is 57.7 Å². The highest BCUT2D eigenvalue weighted by Crippen LogP contribution is 2.34. The molecule has 0 atom stereocenters. The van der Waals surface area contributed by atoms with Gasteiger partial charge in [-0.2, -0.15) is 10.5 Å². The zero-order valence-corrected chi connectivity index (χ0v) is 37.0. The van der Waals surface area contributed by atoms with Gasteiger partial charge in [0.1, 0.15) is 23.3 Å². The number of nitriles is 2. The van der Waals surface area contributed by atoms with E-state index in [1.165, 1.54) is 9.80 Å². The summed E-state index contributed by atoms with van der Waals surface area (Å²) in [5.74, 6) is -1.98. The maximum absolute atomic E-state index is 13.8. The lowest BCUT2D eigenvalue weighted by atomic mass is 9.94. The highest BCUT2D eigenvalue weighted by Gasteiger charge is 2.36. The first-order valence-corrected chi connectivity index (χ1v) is 22.8. The van der Waals surface area contributed by atoms with Gasteiger partial charge in [0, 0.05) is 60.2 Å². The second-order valence-corrected chi connectivity index (χ2v) is 17.2. The van der Waals surface area contributed by atoms with E-state index in [9.17, 15) is 29.7 Å². The molecule has 0 saturated heterocycles. The minimum absolute atomic E-state index is 0.0261. The fraction of sp³-hybridized carbons (Fsp3) is 0.522. The number of anilines is 2. The van der Waals surface area contributed by atoms with Gasteiger partial charge in [-0.1, -0.05) is 66.2 Å². The van der Waals surface area contributed by atoms with Crippen LogP contribution in [-0.2, 0) is 19.2 Å². The molecule has 0 spiro atoms. The molecule has 2 aromatic heterocycles. The molecule has 10 nitrogen and oxygen atoms in total. The number of thiophene rings is 2. The van der Waals surface area contributed by atoms with E-state index >= 15 is 0 Å². The van der Waals surface area contributed by atoms with Gasteiger partial charge in [-0.3, -0.25) is 29.0 Å². The van der Waals surface area contributed by atoms with Crippen molar-refractivity contribution in [2.75, 3.05) is 49.1 Å². The zero-order valence-electron chi connectivity index (χ0n) is 35.3. The zero-order chi connectivity index (χ0) is 42.2. The summed E-state index contributed by atoms with van der Waals surface area (Å²) in [7, 11) is 0.